The first kappa shape index (κ1) is 23.4. The third kappa shape index (κ3) is 5.99. The maximum atomic E-state index is 9.06. The number of nitriles is 1. The lowest BCUT2D eigenvalue weighted by atomic mass is 10.2. The summed E-state index contributed by atoms with van der Waals surface area (Å²) < 4.78 is 11.5. The molecule has 1 aromatic heterocycles. The summed E-state index contributed by atoms with van der Waals surface area (Å²) in [5.74, 6) is 4.65. The molecule has 3 aromatic rings. The zero-order valence-electron chi connectivity index (χ0n) is 19.0. The fourth-order valence-electron chi connectivity index (χ4n) is 3.55. The van der Waals surface area contributed by atoms with E-state index in [2.05, 4.69) is 26.8 Å². The van der Waals surface area contributed by atoms with Gasteiger partial charge in [-0.05, 0) is 42.0 Å². The standard InChI is InChI=1S/C26H25N5O2S/c1-3-11-30-12-14-31(15-13-30)26-28-18-24(34-23-9-7-20(17-27)8-10-23)25(29-26)33-19-21-5-4-6-22(16-21)32-2/h1,4-10,16,18H,11-15,19H2,2H3. The van der Waals surface area contributed by atoms with Crippen LogP contribution in [0.15, 0.2) is 64.5 Å². The molecule has 0 atom stereocenters. The van der Waals surface area contributed by atoms with Crippen molar-refractivity contribution in [1.29, 1.82) is 5.26 Å². The second-order valence-electron chi connectivity index (χ2n) is 7.69. The molecule has 4 rings (SSSR count). The molecule has 1 aliphatic heterocycles. The molecule has 2 heterocycles. The lowest BCUT2D eigenvalue weighted by Gasteiger charge is -2.33. The van der Waals surface area contributed by atoms with Crippen LogP contribution in [0.25, 0.3) is 0 Å². The van der Waals surface area contributed by atoms with Crippen molar-refractivity contribution in [2.45, 2.75) is 16.4 Å². The summed E-state index contributed by atoms with van der Waals surface area (Å²) in [5.41, 5.74) is 1.60. The quantitative estimate of drug-likeness (QED) is 0.459. The van der Waals surface area contributed by atoms with Crippen LogP contribution in [0.4, 0.5) is 5.95 Å². The maximum Gasteiger partial charge on any atom is 0.232 e. The third-order valence-corrected chi connectivity index (χ3v) is 6.41. The Morgan fingerprint density at radius 1 is 1.12 bits per heavy atom. The molecule has 0 saturated carbocycles. The fraction of sp³-hybridized carbons (Fsp3) is 0.269. The van der Waals surface area contributed by atoms with Crippen molar-refractivity contribution >= 4 is 17.7 Å². The number of methoxy groups -OCH3 is 1. The summed E-state index contributed by atoms with van der Waals surface area (Å²) in [6.45, 7) is 4.36. The minimum Gasteiger partial charge on any atom is -0.497 e. The van der Waals surface area contributed by atoms with E-state index < -0.39 is 0 Å². The Morgan fingerprint density at radius 2 is 1.91 bits per heavy atom. The van der Waals surface area contributed by atoms with Crippen LogP contribution in [-0.2, 0) is 6.61 Å². The van der Waals surface area contributed by atoms with Gasteiger partial charge in [-0.15, -0.1) is 6.42 Å². The zero-order valence-corrected chi connectivity index (χ0v) is 19.8. The van der Waals surface area contributed by atoms with Crippen molar-refractivity contribution < 1.29 is 9.47 Å². The molecule has 0 aliphatic carbocycles. The van der Waals surface area contributed by atoms with Gasteiger partial charge < -0.3 is 14.4 Å². The summed E-state index contributed by atoms with van der Waals surface area (Å²) >= 11 is 1.51. The Labute approximate surface area is 204 Å². The molecule has 0 radical (unpaired) electrons. The van der Waals surface area contributed by atoms with Gasteiger partial charge in [0, 0.05) is 31.1 Å². The van der Waals surface area contributed by atoms with Crippen LogP contribution in [0.1, 0.15) is 11.1 Å². The second-order valence-corrected chi connectivity index (χ2v) is 8.80. The molecule has 8 heteroatoms. The van der Waals surface area contributed by atoms with E-state index >= 15 is 0 Å². The Balaban J connectivity index is 1.55. The van der Waals surface area contributed by atoms with E-state index in [0.29, 0.717) is 30.5 Å². The largest absolute Gasteiger partial charge is 0.497 e. The van der Waals surface area contributed by atoms with Crippen LogP contribution in [0.3, 0.4) is 0 Å². The lowest BCUT2D eigenvalue weighted by Crippen LogP contribution is -2.47. The molecule has 0 N–H and O–H groups in total. The van der Waals surface area contributed by atoms with E-state index in [4.69, 9.17) is 26.1 Å². The first-order chi connectivity index (χ1) is 16.7. The number of piperazine rings is 1. The predicted octanol–water partition coefficient (Wildman–Crippen LogP) is 3.84. The molecule has 0 amide bonds. The number of terminal acetylenes is 1. The van der Waals surface area contributed by atoms with Crippen LogP contribution in [0, 0.1) is 23.7 Å². The predicted molar refractivity (Wildman–Crippen MR) is 132 cm³/mol. The van der Waals surface area contributed by atoms with E-state index in [0.717, 1.165) is 47.3 Å². The highest BCUT2D eigenvalue weighted by atomic mass is 32.2. The van der Waals surface area contributed by atoms with Crippen LogP contribution in [0.2, 0.25) is 0 Å². The minimum atomic E-state index is 0.352. The van der Waals surface area contributed by atoms with Crippen molar-refractivity contribution in [3.63, 3.8) is 0 Å². The van der Waals surface area contributed by atoms with E-state index in [1.54, 1.807) is 25.4 Å². The van der Waals surface area contributed by atoms with Gasteiger partial charge in [0.2, 0.25) is 11.8 Å². The highest BCUT2D eigenvalue weighted by Crippen LogP contribution is 2.35. The Hall–Kier alpha value is -3.72. The monoisotopic (exact) mass is 471 g/mol. The number of nitrogens with zero attached hydrogens (tertiary/aromatic N) is 5. The number of hydrogen-bond acceptors (Lipinski definition) is 8. The van der Waals surface area contributed by atoms with Crippen LogP contribution in [-0.4, -0.2) is 54.7 Å². The first-order valence-corrected chi connectivity index (χ1v) is 11.7. The maximum absolute atomic E-state index is 9.06. The smallest absolute Gasteiger partial charge is 0.232 e. The van der Waals surface area contributed by atoms with Gasteiger partial charge in [0.15, 0.2) is 0 Å². The normalized spacial score (nSPS) is 13.7. The molecule has 2 aromatic carbocycles. The molecule has 0 unspecified atom stereocenters. The van der Waals surface area contributed by atoms with Crippen molar-refractivity contribution in [2.75, 3.05) is 44.7 Å². The summed E-state index contributed by atoms with van der Waals surface area (Å²) in [7, 11) is 1.65. The zero-order chi connectivity index (χ0) is 23.8. The van der Waals surface area contributed by atoms with Gasteiger partial charge >= 0.3 is 0 Å². The fourth-order valence-corrected chi connectivity index (χ4v) is 4.37. The van der Waals surface area contributed by atoms with E-state index in [9.17, 15) is 0 Å². The molecule has 172 valence electrons. The highest BCUT2D eigenvalue weighted by Gasteiger charge is 2.20. The second kappa shape index (κ2) is 11.4. The van der Waals surface area contributed by atoms with Crippen LogP contribution in [0.5, 0.6) is 11.6 Å². The van der Waals surface area contributed by atoms with Crippen molar-refractivity contribution in [3.05, 3.63) is 65.9 Å². The van der Waals surface area contributed by atoms with E-state index in [1.165, 1.54) is 11.8 Å². The van der Waals surface area contributed by atoms with Crippen molar-refractivity contribution in [3.8, 4) is 30.0 Å². The Morgan fingerprint density at radius 3 is 2.62 bits per heavy atom. The summed E-state index contributed by atoms with van der Waals surface area (Å²) in [4.78, 5) is 15.6. The van der Waals surface area contributed by atoms with Gasteiger partial charge in [-0.1, -0.05) is 29.8 Å². The van der Waals surface area contributed by atoms with Crippen molar-refractivity contribution in [1.82, 2.24) is 14.9 Å². The number of hydrogen-bond donors (Lipinski definition) is 0. The lowest BCUT2D eigenvalue weighted by molar-refractivity contribution is 0.278. The topological polar surface area (TPSA) is 74.5 Å². The number of ether oxygens (including phenoxy) is 2. The molecular formula is C26H25N5O2S. The van der Waals surface area contributed by atoms with Gasteiger partial charge in [0.25, 0.3) is 0 Å². The molecule has 1 saturated heterocycles. The van der Waals surface area contributed by atoms with Gasteiger partial charge in [-0.25, -0.2) is 4.98 Å². The molecule has 0 bridgehead atoms. The van der Waals surface area contributed by atoms with Crippen LogP contribution >= 0.6 is 11.8 Å². The van der Waals surface area contributed by atoms with Gasteiger partial charge in [-0.2, -0.15) is 10.2 Å². The molecule has 0 spiro atoms. The third-order valence-electron chi connectivity index (χ3n) is 5.40. The number of rotatable bonds is 8. The summed E-state index contributed by atoms with van der Waals surface area (Å²) in [6.07, 6.45) is 7.25. The molecule has 1 aliphatic rings. The van der Waals surface area contributed by atoms with Crippen molar-refractivity contribution in [2.24, 2.45) is 0 Å². The van der Waals surface area contributed by atoms with Crippen LogP contribution < -0.4 is 14.4 Å². The van der Waals surface area contributed by atoms with Gasteiger partial charge in [-0.3, -0.25) is 4.90 Å². The summed E-state index contributed by atoms with van der Waals surface area (Å²) in [6, 6.07) is 17.3. The number of benzene rings is 2. The first-order valence-electron chi connectivity index (χ1n) is 10.9. The molecule has 34 heavy (non-hydrogen) atoms. The van der Waals surface area contributed by atoms with Gasteiger partial charge in [0.1, 0.15) is 12.4 Å². The Kier molecular flexibility index (Phi) is 7.87. The number of aromatic nitrogens is 2. The SMILES string of the molecule is C#CCN1CCN(c2ncc(Sc3ccc(C#N)cc3)c(OCc3cccc(OC)c3)n2)CC1. The summed E-state index contributed by atoms with van der Waals surface area (Å²) in [5, 5.41) is 9.06. The average Bonchev–Trinajstić information content (AvgIpc) is 2.89. The number of anilines is 1. The Bertz CT molecular complexity index is 1200. The minimum absolute atomic E-state index is 0.352. The van der Waals surface area contributed by atoms with E-state index in [1.807, 2.05) is 36.4 Å². The highest BCUT2D eigenvalue weighted by molar-refractivity contribution is 7.99. The molecule has 7 nitrogen and oxygen atoms in total. The molecular weight excluding hydrogens is 446 g/mol. The molecule has 1 fully saturated rings. The van der Waals surface area contributed by atoms with E-state index in [-0.39, 0.29) is 0 Å². The van der Waals surface area contributed by atoms with Gasteiger partial charge in [0.05, 0.1) is 36.4 Å². The average molecular weight is 472 g/mol.